The highest BCUT2D eigenvalue weighted by atomic mass is 16.5. The average Bonchev–Trinajstić information content (AvgIpc) is 3.41. The highest BCUT2D eigenvalue weighted by molar-refractivity contribution is 5.72. The second kappa shape index (κ2) is 8.02. The molecule has 4 aromatic rings. The van der Waals surface area contributed by atoms with Crippen molar-refractivity contribution >= 4 is 0 Å². The molecule has 0 amide bonds. The summed E-state index contributed by atoms with van der Waals surface area (Å²) in [7, 11) is 0. The van der Waals surface area contributed by atoms with Crippen molar-refractivity contribution in [1.82, 2.24) is 10.1 Å². The van der Waals surface area contributed by atoms with E-state index in [0.717, 1.165) is 52.2 Å². The average molecular weight is 418 g/mol. The predicted octanol–water partition coefficient (Wildman–Crippen LogP) is 3.80. The number of oxazole rings is 1. The first-order valence-corrected chi connectivity index (χ1v) is 10.2. The van der Waals surface area contributed by atoms with Crippen LogP contribution in [-0.2, 0) is 12.8 Å². The lowest BCUT2D eigenvalue weighted by Gasteiger charge is -2.16. The van der Waals surface area contributed by atoms with Crippen LogP contribution in [0.25, 0.3) is 34.2 Å². The summed E-state index contributed by atoms with van der Waals surface area (Å²) in [5.41, 5.74) is 5.59. The molecule has 0 aliphatic heterocycles. The number of fused-ring (bicyclic) bond motifs is 3. The highest BCUT2D eigenvalue weighted by Gasteiger charge is 2.27. The van der Waals surface area contributed by atoms with Crippen LogP contribution in [0.3, 0.4) is 0 Å². The van der Waals surface area contributed by atoms with Gasteiger partial charge in [0.15, 0.2) is 5.76 Å². The largest absolute Gasteiger partial charge is 0.491 e. The monoisotopic (exact) mass is 418 g/mol. The number of rotatable bonds is 6. The minimum absolute atomic E-state index is 0.0432. The topological polar surface area (TPSA) is 102 Å². The van der Waals surface area contributed by atoms with E-state index in [1.807, 2.05) is 55.5 Å². The summed E-state index contributed by atoms with van der Waals surface area (Å²) < 4.78 is 17.3. The molecule has 0 saturated heterocycles. The van der Waals surface area contributed by atoms with Gasteiger partial charge in [-0.25, -0.2) is 4.98 Å². The van der Waals surface area contributed by atoms with Gasteiger partial charge in [-0.05, 0) is 43.5 Å². The van der Waals surface area contributed by atoms with E-state index in [4.69, 9.17) is 18.8 Å². The Balaban J connectivity index is 1.45. The molecule has 158 valence electrons. The maximum absolute atomic E-state index is 9.48. The second-order valence-corrected chi connectivity index (χ2v) is 7.61. The van der Waals surface area contributed by atoms with Crippen molar-refractivity contribution < 1.29 is 23.9 Å². The highest BCUT2D eigenvalue weighted by Crippen LogP contribution is 2.39. The minimum atomic E-state index is -0.898. The molecule has 0 saturated carbocycles. The molecular formula is C24H22N2O5. The van der Waals surface area contributed by atoms with Crippen molar-refractivity contribution in [3.05, 3.63) is 65.4 Å². The summed E-state index contributed by atoms with van der Waals surface area (Å²) >= 11 is 0. The molecule has 2 heterocycles. The first kappa shape index (κ1) is 19.5. The number of aliphatic hydroxyl groups excluding tert-OH is 2. The molecule has 0 fully saturated rings. The Labute approximate surface area is 178 Å². The molecule has 7 heteroatoms. The summed E-state index contributed by atoms with van der Waals surface area (Å²) in [5.74, 6) is 2.34. The molecule has 1 atom stereocenters. The molecule has 1 aliphatic carbocycles. The summed E-state index contributed by atoms with van der Waals surface area (Å²) in [4.78, 5) is 4.69. The number of aliphatic hydroxyl groups is 2. The van der Waals surface area contributed by atoms with E-state index in [2.05, 4.69) is 10.1 Å². The molecule has 0 unspecified atom stereocenters. The van der Waals surface area contributed by atoms with E-state index in [1.54, 1.807) is 0 Å². The lowest BCUT2D eigenvalue weighted by Crippen LogP contribution is -2.21. The Kier molecular flexibility index (Phi) is 5.05. The normalized spacial score (nSPS) is 13.5. The Morgan fingerprint density at radius 3 is 2.74 bits per heavy atom. The van der Waals surface area contributed by atoms with Crippen molar-refractivity contribution in [3.63, 3.8) is 0 Å². The van der Waals surface area contributed by atoms with Gasteiger partial charge in [0.2, 0.25) is 5.76 Å². The van der Waals surface area contributed by atoms with Gasteiger partial charge in [0, 0.05) is 16.7 Å². The molecule has 2 aromatic carbocycles. The van der Waals surface area contributed by atoms with Gasteiger partial charge in [-0.1, -0.05) is 35.5 Å². The third-order valence-corrected chi connectivity index (χ3v) is 5.47. The van der Waals surface area contributed by atoms with Gasteiger partial charge in [0.05, 0.1) is 12.3 Å². The molecule has 0 radical (unpaired) electrons. The zero-order valence-electron chi connectivity index (χ0n) is 17.0. The standard InChI is InChI=1S/C24H22N2O5/c1-14-21(15-5-3-2-4-6-15)26-31-22(14)24-25-20-10-7-16-11-18(29-13-17(28)12-27)8-9-19(16)23(20)30-24/h2-6,8-9,11,17,27-28H,7,10,12-13H2,1H3/t17-/m0/s1. The SMILES string of the molecule is Cc1c(-c2ccccc2)noc1-c1nc2c(o1)-c1ccc(OC[C@@H](O)CO)cc1CC2. The molecule has 0 spiro atoms. The van der Waals surface area contributed by atoms with Crippen LogP contribution in [0.4, 0.5) is 0 Å². The van der Waals surface area contributed by atoms with Gasteiger partial charge in [0.1, 0.15) is 24.2 Å². The first-order chi connectivity index (χ1) is 15.1. The summed E-state index contributed by atoms with van der Waals surface area (Å²) in [6, 6.07) is 15.6. The van der Waals surface area contributed by atoms with Crippen molar-refractivity contribution in [3.8, 4) is 40.0 Å². The van der Waals surface area contributed by atoms with Crippen molar-refractivity contribution in [1.29, 1.82) is 0 Å². The van der Waals surface area contributed by atoms with E-state index in [0.29, 0.717) is 17.4 Å². The van der Waals surface area contributed by atoms with E-state index < -0.39 is 6.10 Å². The van der Waals surface area contributed by atoms with Crippen molar-refractivity contribution in [2.24, 2.45) is 0 Å². The second-order valence-electron chi connectivity index (χ2n) is 7.61. The summed E-state index contributed by atoms with van der Waals surface area (Å²) in [6.45, 7) is 1.67. The number of ether oxygens (including phenoxy) is 1. The molecular weight excluding hydrogens is 396 g/mol. The van der Waals surface area contributed by atoms with E-state index in [1.165, 1.54) is 0 Å². The van der Waals surface area contributed by atoms with Crippen molar-refractivity contribution in [2.45, 2.75) is 25.9 Å². The Morgan fingerprint density at radius 2 is 1.94 bits per heavy atom. The van der Waals surface area contributed by atoms with Crippen LogP contribution in [-0.4, -0.2) is 39.7 Å². The third kappa shape index (κ3) is 3.62. The van der Waals surface area contributed by atoms with Crippen molar-refractivity contribution in [2.75, 3.05) is 13.2 Å². The van der Waals surface area contributed by atoms with E-state index in [-0.39, 0.29) is 13.2 Å². The number of aryl methyl sites for hydroxylation is 2. The van der Waals surface area contributed by atoms with Gasteiger partial charge in [-0.15, -0.1) is 0 Å². The van der Waals surface area contributed by atoms with E-state index in [9.17, 15) is 5.11 Å². The predicted molar refractivity (Wildman–Crippen MR) is 114 cm³/mol. The Bertz CT molecular complexity index is 1210. The zero-order chi connectivity index (χ0) is 21.4. The molecule has 5 rings (SSSR count). The van der Waals surface area contributed by atoms with Crippen LogP contribution in [0.5, 0.6) is 5.75 Å². The molecule has 1 aliphatic rings. The number of hydrogen-bond donors (Lipinski definition) is 2. The minimum Gasteiger partial charge on any atom is -0.491 e. The first-order valence-electron chi connectivity index (χ1n) is 10.2. The summed E-state index contributed by atoms with van der Waals surface area (Å²) in [5, 5.41) is 22.7. The number of benzene rings is 2. The van der Waals surface area contributed by atoms with Gasteiger partial charge in [0.25, 0.3) is 5.89 Å². The Morgan fingerprint density at radius 1 is 1.10 bits per heavy atom. The fourth-order valence-corrected chi connectivity index (χ4v) is 3.82. The third-order valence-electron chi connectivity index (χ3n) is 5.47. The molecule has 31 heavy (non-hydrogen) atoms. The molecule has 2 aromatic heterocycles. The van der Waals surface area contributed by atoms with Gasteiger partial charge >= 0.3 is 0 Å². The number of aromatic nitrogens is 2. The Hall–Kier alpha value is -3.42. The van der Waals surface area contributed by atoms with Gasteiger partial charge < -0.3 is 23.9 Å². The molecule has 0 bridgehead atoms. The quantitative estimate of drug-likeness (QED) is 0.491. The van der Waals surface area contributed by atoms with Gasteiger partial charge in [-0.2, -0.15) is 0 Å². The lowest BCUT2D eigenvalue weighted by molar-refractivity contribution is 0.0536. The van der Waals surface area contributed by atoms with Crippen LogP contribution in [0, 0.1) is 6.92 Å². The number of nitrogens with zero attached hydrogens (tertiary/aromatic N) is 2. The number of hydrogen-bond acceptors (Lipinski definition) is 7. The molecule has 2 N–H and O–H groups in total. The smallest absolute Gasteiger partial charge is 0.266 e. The van der Waals surface area contributed by atoms with Crippen LogP contribution >= 0.6 is 0 Å². The maximum atomic E-state index is 9.48. The van der Waals surface area contributed by atoms with Crippen LogP contribution in [0.2, 0.25) is 0 Å². The zero-order valence-corrected chi connectivity index (χ0v) is 17.0. The van der Waals surface area contributed by atoms with Crippen LogP contribution < -0.4 is 4.74 Å². The fraction of sp³-hybridized carbons (Fsp3) is 0.250. The van der Waals surface area contributed by atoms with Crippen LogP contribution in [0.1, 0.15) is 16.8 Å². The lowest BCUT2D eigenvalue weighted by atomic mass is 9.93. The fourth-order valence-electron chi connectivity index (χ4n) is 3.82. The van der Waals surface area contributed by atoms with Gasteiger partial charge in [-0.3, -0.25) is 0 Å². The maximum Gasteiger partial charge on any atom is 0.266 e. The molecule has 7 nitrogen and oxygen atoms in total. The summed E-state index contributed by atoms with van der Waals surface area (Å²) in [6.07, 6.45) is 0.650. The van der Waals surface area contributed by atoms with E-state index >= 15 is 0 Å². The van der Waals surface area contributed by atoms with Crippen LogP contribution in [0.15, 0.2) is 57.5 Å².